The molecule has 18 heavy (non-hydrogen) atoms. The normalized spacial score (nSPS) is 10.9. The maximum Gasteiger partial charge on any atom is 0.119 e. The summed E-state index contributed by atoms with van der Waals surface area (Å²) in [6.45, 7) is 7.80. The molecule has 0 aromatic heterocycles. The smallest absolute Gasteiger partial charge is 0.119 e. The summed E-state index contributed by atoms with van der Waals surface area (Å²) in [6.07, 6.45) is 5.09. The molecule has 1 aromatic rings. The number of hydrogen-bond donors (Lipinski definition) is 0. The summed E-state index contributed by atoms with van der Waals surface area (Å²) in [5.74, 6) is 0.984. The summed E-state index contributed by atoms with van der Waals surface area (Å²) in [5, 5.41) is 0. The lowest BCUT2D eigenvalue weighted by atomic mass is 10.1. The number of aryl methyl sites for hydroxylation is 1. The van der Waals surface area contributed by atoms with E-state index < -0.39 is 0 Å². The van der Waals surface area contributed by atoms with E-state index in [1.54, 1.807) is 0 Å². The van der Waals surface area contributed by atoms with Gasteiger partial charge in [-0.25, -0.2) is 0 Å². The van der Waals surface area contributed by atoms with Crippen LogP contribution in [-0.4, -0.2) is 19.3 Å². The van der Waals surface area contributed by atoms with E-state index in [0.29, 0.717) is 6.10 Å². The van der Waals surface area contributed by atoms with Gasteiger partial charge in [0.25, 0.3) is 0 Å². The van der Waals surface area contributed by atoms with E-state index >= 15 is 0 Å². The fraction of sp³-hybridized carbons (Fsp3) is 0.625. The molecule has 0 aliphatic rings. The standard InChI is InChI=1S/C16H26O2/c1-4-17-16-11-8-10-15(13-16)9-6-5-7-12-18-14(2)3/h8,10-11,13-14H,4-7,9,12H2,1-3H3. The van der Waals surface area contributed by atoms with Crippen molar-refractivity contribution in [3.63, 3.8) is 0 Å². The van der Waals surface area contributed by atoms with Gasteiger partial charge in [0.05, 0.1) is 12.7 Å². The number of rotatable bonds is 9. The van der Waals surface area contributed by atoms with Gasteiger partial charge < -0.3 is 9.47 Å². The third-order valence-corrected chi connectivity index (χ3v) is 2.77. The van der Waals surface area contributed by atoms with Crippen LogP contribution in [-0.2, 0) is 11.2 Å². The summed E-state index contributed by atoms with van der Waals surface area (Å²) in [7, 11) is 0. The highest BCUT2D eigenvalue weighted by atomic mass is 16.5. The number of hydrogen-bond acceptors (Lipinski definition) is 2. The molecular formula is C16H26O2. The van der Waals surface area contributed by atoms with E-state index in [1.165, 1.54) is 18.4 Å². The SMILES string of the molecule is CCOc1cccc(CCCCCOC(C)C)c1. The second-order valence-corrected chi connectivity index (χ2v) is 4.81. The van der Waals surface area contributed by atoms with Gasteiger partial charge in [-0.2, -0.15) is 0 Å². The highest BCUT2D eigenvalue weighted by Gasteiger charge is 1.98. The Morgan fingerprint density at radius 1 is 1.11 bits per heavy atom. The van der Waals surface area contributed by atoms with Gasteiger partial charge in [-0.05, 0) is 57.7 Å². The Morgan fingerprint density at radius 2 is 1.94 bits per heavy atom. The molecule has 0 saturated heterocycles. The Kier molecular flexibility index (Phi) is 7.51. The zero-order valence-electron chi connectivity index (χ0n) is 11.9. The van der Waals surface area contributed by atoms with Crippen molar-refractivity contribution in [2.45, 2.75) is 52.6 Å². The summed E-state index contributed by atoms with van der Waals surface area (Å²) in [4.78, 5) is 0. The lowest BCUT2D eigenvalue weighted by molar-refractivity contribution is 0.0758. The van der Waals surface area contributed by atoms with Crippen molar-refractivity contribution in [1.82, 2.24) is 0 Å². The van der Waals surface area contributed by atoms with Crippen molar-refractivity contribution in [2.24, 2.45) is 0 Å². The highest BCUT2D eigenvalue weighted by Crippen LogP contribution is 2.15. The molecule has 0 atom stereocenters. The van der Waals surface area contributed by atoms with Gasteiger partial charge in [-0.1, -0.05) is 18.6 Å². The van der Waals surface area contributed by atoms with E-state index in [2.05, 4.69) is 32.0 Å². The van der Waals surface area contributed by atoms with Crippen LogP contribution in [0.5, 0.6) is 5.75 Å². The minimum Gasteiger partial charge on any atom is -0.494 e. The Labute approximate surface area is 111 Å². The average Bonchev–Trinajstić information content (AvgIpc) is 2.34. The predicted octanol–water partition coefficient (Wildman–Crippen LogP) is 4.22. The lowest BCUT2D eigenvalue weighted by Crippen LogP contribution is -2.03. The van der Waals surface area contributed by atoms with Crippen LogP contribution in [0.1, 0.15) is 45.6 Å². The van der Waals surface area contributed by atoms with Crippen LogP contribution in [0, 0.1) is 0 Å². The van der Waals surface area contributed by atoms with Gasteiger partial charge in [0.15, 0.2) is 0 Å². The van der Waals surface area contributed by atoms with Crippen molar-refractivity contribution < 1.29 is 9.47 Å². The molecule has 0 aliphatic heterocycles. The molecule has 2 heteroatoms. The summed E-state index contributed by atoms with van der Waals surface area (Å²) in [6, 6.07) is 8.41. The number of ether oxygens (including phenoxy) is 2. The zero-order chi connectivity index (χ0) is 13.2. The first-order chi connectivity index (χ1) is 8.72. The van der Waals surface area contributed by atoms with Crippen LogP contribution in [0.15, 0.2) is 24.3 Å². The molecular weight excluding hydrogens is 224 g/mol. The maximum absolute atomic E-state index is 5.53. The molecule has 0 radical (unpaired) electrons. The van der Waals surface area contributed by atoms with Gasteiger partial charge in [0, 0.05) is 6.61 Å². The van der Waals surface area contributed by atoms with Crippen molar-refractivity contribution in [1.29, 1.82) is 0 Å². The van der Waals surface area contributed by atoms with Gasteiger partial charge in [0.1, 0.15) is 5.75 Å². The molecule has 0 amide bonds. The molecule has 1 aromatic carbocycles. The van der Waals surface area contributed by atoms with E-state index in [9.17, 15) is 0 Å². The lowest BCUT2D eigenvalue weighted by Gasteiger charge is -2.08. The Morgan fingerprint density at radius 3 is 2.67 bits per heavy atom. The molecule has 0 bridgehead atoms. The predicted molar refractivity (Wildman–Crippen MR) is 76.3 cm³/mol. The second-order valence-electron chi connectivity index (χ2n) is 4.81. The van der Waals surface area contributed by atoms with Crippen LogP contribution in [0.3, 0.4) is 0 Å². The Balaban J connectivity index is 2.16. The molecule has 0 heterocycles. The molecule has 0 saturated carbocycles. The largest absolute Gasteiger partial charge is 0.494 e. The fourth-order valence-corrected chi connectivity index (χ4v) is 1.88. The molecule has 0 aliphatic carbocycles. The molecule has 0 unspecified atom stereocenters. The zero-order valence-corrected chi connectivity index (χ0v) is 11.9. The van der Waals surface area contributed by atoms with E-state index in [-0.39, 0.29) is 0 Å². The monoisotopic (exact) mass is 250 g/mol. The summed E-state index contributed by atoms with van der Waals surface area (Å²) < 4.78 is 11.0. The highest BCUT2D eigenvalue weighted by molar-refractivity contribution is 5.28. The molecule has 2 nitrogen and oxygen atoms in total. The average molecular weight is 250 g/mol. The van der Waals surface area contributed by atoms with Crippen molar-refractivity contribution in [2.75, 3.05) is 13.2 Å². The summed E-state index contributed by atoms with van der Waals surface area (Å²) >= 11 is 0. The van der Waals surface area contributed by atoms with E-state index in [1.807, 2.05) is 13.0 Å². The van der Waals surface area contributed by atoms with Crippen LogP contribution in [0.25, 0.3) is 0 Å². The van der Waals surface area contributed by atoms with Crippen LogP contribution >= 0.6 is 0 Å². The summed E-state index contributed by atoms with van der Waals surface area (Å²) in [5.41, 5.74) is 1.37. The van der Waals surface area contributed by atoms with Crippen molar-refractivity contribution in [3.05, 3.63) is 29.8 Å². The fourth-order valence-electron chi connectivity index (χ4n) is 1.88. The Hall–Kier alpha value is -1.02. The van der Waals surface area contributed by atoms with Crippen LogP contribution < -0.4 is 4.74 Å². The Bertz CT molecular complexity index is 321. The van der Waals surface area contributed by atoms with Crippen molar-refractivity contribution >= 4 is 0 Å². The van der Waals surface area contributed by atoms with Crippen molar-refractivity contribution in [3.8, 4) is 5.75 Å². The molecule has 0 fully saturated rings. The first-order valence-corrected chi connectivity index (χ1v) is 7.05. The molecule has 0 N–H and O–H groups in total. The molecule has 0 spiro atoms. The van der Waals surface area contributed by atoms with Gasteiger partial charge in [-0.3, -0.25) is 0 Å². The van der Waals surface area contributed by atoms with Gasteiger partial charge in [0.2, 0.25) is 0 Å². The first kappa shape index (κ1) is 15.0. The minimum absolute atomic E-state index is 0.355. The second kappa shape index (κ2) is 8.98. The number of benzene rings is 1. The third kappa shape index (κ3) is 6.65. The van der Waals surface area contributed by atoms with E-state index in [0.717, 1.165) is 31.8 Å². The molecule has 1 rings (SSSR count). The minimum atomic E-state index is 0.355. The quantitative estimate of drug-likeness (QED) is 0.611. The first-order valence-electron chi connectivity index (χ1n) is 7.05. The molecule has 102 valence electrons. The number of unbranched alkanes of at least 4 members (excludes halogenated alkanes) is 2. The van der Waals surface area contributed by atoms with Crippen LogP contribution in [0.2, 0.25) is 0 Å². The van der Waals surface area contributed by atoms with Crippen LogP contribution in [0.4, 0.5) is 0 Å². The van der Waals surface area contributed by atoms with E-state index in [4.69, 9.17) is 9.47 Å². The van der Waals surface area contributed by atoms with Gasteiger partial charge in [-0.15, -0.1) is 0 Å². The third-order valence-electron chi connectivity index (χ3n) is 2.77. The topological polar surface area (TPSA) is 18.5 Å². The van der Waals surface area contributed by atoms with Gasteiger partial charge >= 0.3 is 0 Å². The maximum atomic E-state index is 5.53.